The Morgan fingerprint density at radius 1 is 0.970 bits per heavy atom. The van der Waals surface area contributed by atoms with Gasteiger partial charge < -0.3 is 9.67 Å². The molecular formula is C29H29FN2O. The third-order valence-corrected chi connectivity index (χ3v) is 7.93. The fourth-order valence-corrected chi connectivity index (χ4v) is 6.17. The molecule has 0 amide bonds. The van der Waals surface area contributed by atoms with Crippen LogP contribution in [0.1, 0.15) is 46.8 Å². The standard InChI is InChI=1S/C29H29FN2O/c1-19-8-14-25-24(16-19)28-26-15-13-23(31(26)2)17-27(28)32(25)18-29(33,20-6-4-3-5-7-20)21-9-11-22(30)12-10-21/h3-12,14,16,23,26,33H,13,15,17-18H2,1-2H3. The van der Waals surface area contributed by atoms with Crippen LogP contribution in [0.15, 0.2) is 72.8 Å². The molecule has 1 aromatic heterocycles. The van der Waals surface area contributed by atoms with Crippen molar-refractivity contribution >= 4 is 10.9 Å². The Bertz CT molecular complexity index is 1330. The molecule has 3 atom stereocenters. The van der Waals surface area contributed by atoms with Gasteiger partial charge in [0.15, 0.2) is 0 Å². The van der Waals surface area contributed by atoms with Crippen LogP contribution in [-0.4, -0.2) is 27.7 Å². The predicted octanol–water partition coefficient (Wildman–Crippen LogP) is 5.72. The first kappa shape index (κ1) is 20.6. The van der Waals surface area contributed by atoms with Crippen LogP contribution in [0.5, 0.6) is 0 Å². The van der Waals surface area contributed by atoms with Crippen LogP contribution in [0.3, 0.4) is 0 Å². The number of hydrogen-bond donors (Lipinski definition) is 1. The zero-order valence-corrected chi connectivity index (χ0v) is 19.1. The van der Waals surface area contributed by atoms with Crippen molar-refractivity contribution in [3.05, 3.63) is 107 Å². The number of likely N-dealkylation sites (N-methyl/N-ethyl adjacent to an activating group) is 1. The van der Waals surface area contributed by atoms with E-state index in [1.54, 1.807) is 12.1 Å². The van der Waals surface area contributed by atoms with Gasteiger partial charge in [0.1, 0.15) is 11.4 Å². The van der Waals surface area contributed by atoms with Crippen molar-refractivity contribution < 1.29 is 9.50 Å². The van der Waals surface area contributed by atoms with Crippen molar-refractivity contribution in [3.63, 3.8) is 0 Å². The molecule has 0 radical (unpaired) electrons. The molecule has 0 aliphatic carbocycles. The van der Waals surface area contributed by atoms with Gasteiger partial charge in [0.25, 0.3) is 0 Å². The van der Waals surface area contributed by atoms with Gasteiger partial charge in [-0.1, -0.05) is 54.1 Å². The molecule has 33 heavy (non-hydrogen) atoms. The normalized spacial score (nSPS) is 21.8. The maximum Gasteiger partial charge on any atom is 0.132 e. The van der Waals surface area contributed by atoms with Crippen LogP contribution >= 0.6 is 0 Å². The van der Waals surface area contributed by atoms with E-state index < -0.39 is 5.60 Å². The molecule has 2 bridgehead atoms. The Kier molecular flexibility index (Phi) is 4.72. The van der Waals surface area contributed by atoms with E-state index in [2.05, 4.69) is 41.6 Å². The summed E-state index contributed by atoms with van der Waals surface area (Å²) in [5.41, 5.74) is 5.44. The van der Waals surface area contributed by atoms with Crippen molar-refractivity contribution in [2.75, 3.05) is 7.05 Å². The lowest BCUT2D eigenvalue weighted by atomic mass is 9.86. The summed E-state index contributed by atoms with van der Waals surface area (Å²) in [5.74, 6) is -0.298. The summed E-state index contributed by atoms with van der Waals surface area (Å²) in [6, 6.07) is 23.7. The first-order valence-electron chi connectivity index (χ1n) is 11.8. The number of halogens is 1. The van der Waals surface area contributed by atoms with Crippen molar-refractivity contribution in [1.29, 1.82) is 0 Å². The number of benzene rings is 3. The second-order valence-corrected chi connectivity index (χ2v) is 9.82. The monoisotopic (exact) mass is 440 g/mol. The van der Waals surface area contributed by atoms with Crippen LogP contribution in [-0.2, 0) is 18.6 Å². The number of nitrogens with zero attached hydrogens (tertiary/aromatic N) is 2. The van der Waals surface area contributed by atoms with Crippen molar-refractivity contribution in [2.45, 2.75) is 50.4 Å². The minimum atomic E-state index is -1.28. The molecule has 2 aliphatic heterocycles. The quantitative estimate of drug-likeness (QED) is 0.440. The average Bonchev–Trinajstić information content (AvgIpc) is 3.23. The Morgan fingerprint density at radius 2 is 1.70 bits per heavy atom. The summed E-state index contributed by atoms with van der Waals surface area (Å²) in [5, 5.41) is 13.6. The molecule has 3 heterocycles. The van der Waals surface area contributed by atoms with Crippen LogP contribution in [0.25, 0.3) is 10.9 Å². The average molecular weight is 441 g/mol. The summed E-state index contributed by atoms with van der Waals surface area (Å²) < 4.78 is 16.1. The number of fused-ring (bicyclic) bond motifs is 6. The lowest BCUT2D eigenvalue weighted by Gasteiger charge is -2.35. The molecule has 4 heteroatoms. The van der Waals surface area contributed by atoms with E-state index in [1.165, 1.54) is 52.7 Å². The second-order valence-electron chi connectivity index (χ2n) is 9.82. The van der Waals surface area contributed by atoms with Gasteiger partial charge >= 0.3 is 0 Å². The highest BCUT2D eigenvalue weighted by Gasteiger charge is 2.42. The van der Waals surface area contributed by atoms with E-state index in [1.807, 2.05) is 30.3 Å². The van der Waals surface area contributed by atoms with E-state index in [0.29, 0.717) is 24.2 Å². The molecule has 3 unspecified atom stereocenters. The first-order valence-corrected chi connectivity index (χ1v) is 11.8. The van der Waals surface area contributed by atoms with Gasteiger partial charge in [-0.3, -0.25) is 4.90 Å². The highest BCUT2D eigenvalue weighted by atomic mass is 19.1. The van der Waals surface area contributed by atoms with Crippen LogP contribution < -0.4 is 0 Å². The maximum atomic E-state index is 13.8. The van der Waals surface area contributed by atoms with Gasteiger partial charge in [0.2, 0.25) is 0 Å². The molecule has 2 aliphatic rings. The summed E-state index contributed by atoms with van der Waals surface area (Å²) in [6.07, 6.45) is 3.39. The smallest absolute Gasteiger partial charge is 0.132 e. The van der Waals surface area contributed by atoms with Gasteiger partial charge in [-0.15, -0.1) is 0 Å². The number of aliphatic hydroxyl groups is 1. The second kappa shape index (κ2) is 7.54. The molecule has 3 nitrogen and oxygen atoms in total. The molecule has 0 saturated carbocycles. The fraction of sp³-hybridized carbons (Fsp3) is 0.310. The van der Waals surface area contributed by atoms with Gasteiger partial charge in [0.05, 0.1) is 6.54 Å². The minimum Gasteiger partial charge on any atom is -0.378 e. The van der Waals surface area contributed by atoms with Crippen molar-refractivity contribution in [1.82, 2.24) is 9.47 Å². The molecule has 168 valence electrons. The summed E-state index contributed by atoms with van der Waals surface area (Å²) in [4.78, 5) is 2.54. The fourth-order valence-electron chi connectivity index (χ4n) is 6.17. The van der Waals surface area contributed by atoms with E-state index in [9.17, 15) is 9.50 Å². The van der Waals surface area contributed by atoms with Crippen molar-refractivity contribution in [2.24, 2.45) is 0 Å². The SMILES string of the molecule is Cc1ccc2c(c1)c1c(n2CC(O)(c2ccccc2)c2ccc(F)cc2)CC2CCC1N2C. The summed E-state index contributed by atoms with van der Waals surface area (Å²) in [6.45, 7) is 2.53. The van der Waals surface area contributed by atoms with Gasteiger partial charge in [0, 0.05) is 35.1 Å². The summed E-state index contributed by atoms with van der Waals surface area (Å²) in [7, 11) is 2.25. The topological polar surface area (TPSA) is 28.4 Å². The minimum absolute atomic E-state index is 0.298. The van der Waals surface area contributed by atoms with Crippen LogP contribution in [0, 0.1) is 12.7 Å². The largest absolute Gasteiger partial charge is 0.378 e. The third kappa shape index (κ3) is 3.16. The zero-order chi connectivity index (χ0) is 22.7. The van der Waals surface area contributed by atoms with Crippen LogP contribution in [0.4, 0.5) is 4.39 Å². The molecule has 1 fully saturated rings. The van der Waals surface area contributed by atoms with E-state index in [4.69, 9.17) is 0 Å². The third-order valence-electron chi connectivity index (χ3n) is 7.93. The Labute approximate surface area is 194 Å². The van der Waals surface area contributed by atoms with E-state index >= 15 is 0 Å². The zero-order valence-electron chi connectivity index (χ0n) is 19.1. The molecule has 1 saturated heterocycles. The molecule has 6 rings (SSSR count). The van der Waals surface area contributed by atoms with Crippen molar-refractivity contribution in [3.8, 4) is 0 Å². The van der Waals surface area contributed by atoms with E-state index in [0.717, 1.165) is 12.0 Å². The highest BCUT2D eigenvalue weighted by Crippen LogP contribution is 2.48. The number of rotatable bonds is 4. The predicted molar refractivity (Wildman–Crippen MR) is 130 cm³/mol. The number of aromatic nitrogens is 1. The molecular weight excluding hydrogens is 411 g/mol. The van der Waals surface area contributed by atoms with Crippen LogP contribution in [0.2, 0.25) is 0 Å². The molecule has 4 aromatic rings. The Morgan fingerprint density at radius 3 is 2.45 bits per heavy atom. The lowest BCUT2D eigenvalue weighted by molar-refractivity contribution is 0.0609. The first-order chi connectivity index (χ1) is 16.0. The number of hydrogen-bond acceptors (Lipinski definition) is 2. The molecule has 0 spiro atoms. The highest BCUT2D eigenvalue weighted by molar-refractivity contribution is 5.87. The number of aryl methyl sites for hydroxylation is 1. The molecule has 3 aromatic carbocycles. The molecule has 1 N–H and O–H groups in total. The Balaban J connectivity index is 1.57. The van der Waals surface area contributed by atoms with E-state index in [-0.39, 0.29) is 5.82 Å². The summed E-state index contributed by atoms with van der Waals surface area (Å²) >= 11 is 0. The maximum absolute atomic E-state index is 13.8. The lowest BCUT2D eigenvalue weighted by Crippen LogP contribution is -2.37. The van der Waals surface area contributed by atoms with Gasteiger partial charge in [-0.25, -0.2) is 4.39 Å². The van der Waals surface area contributed by atoms with Gasteiger partial charge in [-0.2, -0.15) is 0 Å². The van der Waals surface area contributed by atoms with Gasteiger partial charge in [-0.05, 0) is 67.8 Å². The Hall–Kier alpha value is -2.95.